The Bertz CT molecular complexity index is 442. The lowest BCUT2D eigenvalue weighted by Crippen LogP contribution is -2.25. The molecule has 0 aromatic carbocycles. The molecule has 3 nitrogen and oxygen atoms in total. The molecule has 1 saturated carbocycles. The van der Waals surface area contributed by atoms with Gasteiger partial charge in [-0.1, -0.05) is 0 Å². The Balaban J connectivity index is 2.10. The van der Waals surface area contributed by atoms with Crippen molar-refractivity contribution in [3.05, 3.63) is 28.4 Å². The molecule has 0 aliphatic heterocycles. The first kappa shape index (κ1) is 11.2. The van der Waals surface area contributed by atoms with E-state index in [1.165, 1.54) is 10.8 Å². The van der Waals surface area contributed by atoms with E-state index < -0.39 is 5.92 Å². The molecule has 16 heavy (non-hydrogen) atoms. The Morgan fingerprint density at radius 3 is 3.00 bits per heavy atom. The molecule has 0 bridgehead atoms. The zero-order chi connectivity index (χ0) is 11.8. The van der Waals surface area contributed by atoms with Gasteiger partial charge in [-0.3, -0.25) is 4.57 Å². The van der Waals surface area contributed by atoms with Crippen molar-refractivity contribution in [3.63, 3.8) is 0 Å². The van der Waals surface area contributed by atoms with Crippen LogP contribution in [0, 0.1) is 12.8 Å². The van der Waals surface area contributed by atoms with Gasteiger partial charge < -0.3 is 0 Å². The predicted octanol–water partition coefficient (Wildman–Crippen LogP) is 1.99. The molecule has 5 heteroatoms. The molecule has 0 amide bonds. The van der Waals surface area contributed by atoms with Gasteiger partial charge in [-0.05, 0) is 24.8 Å². The highest BCUT2D eigenvalue weighted by atomic mass is 19.3. The number of hydrogen-bond acceptors (Lipinski definition) is 2. The lowest BCUT2D eigenvalue weighted by molar-refractivity contribution is 0.00430. The molecule has 1 aliphatic carbocycles. The normalized spacial score (nSPS) is 23.6. The second kappa shape index (κ2) is 3.96. The van der Waals surface area contributed by atoms with Crippen LogP contribution in [0.5, 0.6) is 0 Å². The summed E-state index contributed by atoms with van der Waals surface area (Å²) >= 11 is 0. The maximum Gasteiger partial charge on any atom is 0.347 e. The monoisotopic (exact) mass is 228 g/mol. The molecule has 0 N–H and O–H groups in total. The smallest absolute Gasteiger partial charge is 0.299 e. The maximum absolute atomic E-state index is 13.0. The standard InChI is InChI=1S/C11H14F2N2O/c1-8-5-14-10(16)15(6-8)7-9-2-3-11(12,13)4-9/h5-6,9H,2-4,7H2,1H3. The van der Waals surface area contributed by atoms with Gasteiger partial charge in [-0.25, -0.2) is 18.6 Å². The third-order valence-electron chi connectivity index (χ3n) is 2.94. The minimum Gasteiger partial charge on any atom is -0.299 e. The molecule has 1 aliphatic rings. The first-order chi connectivity index (χ1) is 7.46. The average molecular weight is 228 g/mol. The molecule has 1 aromatic rings. The van der Waals surface area contributed by atoms with Crippen LogP contribution in [-0.4, -0.2) is 15.5 Å². The molecule has 1 fully saturated rings. The molecular weight excluding hydrogens is 214 g/mol. The van der Waals surface area contributed by atoms with Crippen molar-refractivity contribution in [1.82, 2.24) is 9.55 Å². The van der Waals surface area contributed by atoms with Crippen LogP contribution < -0.4 is 5.69 Å². The summed E-state index contributed by atoms with van der Waals surface area (Å²) in [6, 6.07) is 0. The summed E-state index contributed by atoms with van der Waals surface area (Å²) in [7, 11) is 0. The van der Waals surface area contributed by atoms with Crippen LogP contribution in [0.4, 0.5) is 8.78 Å². The Morgan fingerprint density at radius 2 is 2.38 bits per heavy atom. The van der Waals surface area contributed by atoms with E-state index in [0.29, 0.717) is 13.0 Å². The summed E-state index contributed by atoms with van der Waals surface area (Å²) in [4.78, 5) is 15.1. The highest BCUT2D eigenvalue weighted by molar-refractivity contribution is 5.00. The van der Waals surface area contributed by atoms with Gasteiger partial charge in [0.2, 0.25) is 5.92 Å². The van der Waals surface area contributed by atoms with E-state index in [1.54, 1.807) is 6.20 Å². The Hall–Kier alpha value is -1.26. The largest absolute Gasteiger partial charge is 0.347 e. The van der Waals surface area contributed by atoms with Crippen molar-refractivity contribution < 1.29 is 8.78 Å². The first-order valence-electron chi connectivity index (χ1n) is 5.37. The molecular formula is C11H14F2N2O. The topological polar surface area (TPSA) is 34.9 Å². The lowest BCUT2D eigenvalue weighted by Gasteiger charge is -2.12. The van der Waals surface area contributed by atoms with E-state index in [0.717, 1.165) is 5.56 Å². The number of aromatic nitrogens is 2. The highest BCUT2D eigenvalue weighted by Crippen LogP contribution is 2.39. The van der Waals surface area contributed by atoms with Gasteiger partial charge in [0.05, 0.1) is 0 Å². The van der Waals surface area contributed by atoms with Gasteiger partial charge in [-0.15, -0.1) is 0 Å². The minimum absolute atomic E-state index is 0.0638. The van der Waals surface area contributed by atoms with Crippen molar-refractivity contribution in [2.24, 2.45) is 5.92 Å². The third-order valence-corrected chi connectivity index (χ3v) is 2.94. The number of nitrogens with zero attached hydrogens (tertiary/aromatic N) is 2. The Labute approximate surface area is 92.1 Å². The summed E-state index contributed by atoms with van der Waals surface area (Å²) in [6.07, 6.45) is 3.46. The molecule has 2 rings (SSSR count). The number of hydrogen-bond donors (Lipinski definition) is 0. The summed E-state index contributed by atoms with van der Waals surface area (Å²) in [6.45, 7) is 2.18. The van der Waals surface area contributed by atoms with Gasteiger partial charge in [0.15, 0.2) is 0 Å². The van der Waals surface area contributed by atoms with Gasteiger partial charge >= 0.3 is 5.69 Å². The van der Waals surface area contributed by atoms with Gasteiger partial charge in [0.25, 0.3) is 0 Å². The molecule has 0 saturated heterocycles. The molecule has 1 unspecified atom stereocenters. The third kappa shape index (κ3) is 2.46. The van der Waals surface area contributed by atoms with Crippen LogP contribution in [0.2, 0.25) is 0 Å². The summed E-state index contributed by atoms with van der Waals surface area (Å²) in [5, 5.41) is 0. The molecule has 88 valence electrons. The Morgan fingerprint density at radius 1 is 1.62 bits per heavy atom. The van der Waals surface area contributed by atoms with Crippen molar-refractivity contribution in [2.75, 3.05) is 0 Å². The fraction of sp³-hybridized carbons (Fsp3) is 0.636. The van der Waals surface area contributed by atoms with Crippen molar-refractivity contribution >= 4 is 0 Å². The molecule has 1 aromatic heterocycles. The average Bonchev–Trinajstić information content (AvgIpc) is 2.52. The van der Waals surface area contributed by atoms with Crippen LogP contribution >= 0.6 is 0 Å². The van der Waals surface area contributed by atoms with Gasteiger partial charge in [-0.2, -0.15) is 0 Å². The number of aryl methyl sites for hydroxylation is 1. The zero-order valence-corrected chi connectivity index (χ0v) is 9.12. The summed E-state index contributed by atoms with van der Waals surface area (Å²) in [5.74, 6) is -2.66. The SMILES string of the molecule is Cc1cnc(=O)n(CC2CCC(F)(F)C2)c1. The quantitative estimate of drug-likeness (QED) is 0.775. The molecule has 1 atom stereocenters. The summed E-state index contributed by atoms with van der Waals surface area (Å²) < 4.78 is 27.4. The minimum atomic E-state index is -2.55. The molecule has 0 spiro atoms. The van der Waals surface area contributed by atoms with Crippen molar-refractivity contribution in [1.29, 1.82) is 0 Å². The molecule has 0 radical (unpaired) electrons. The van der Waals surface area contributed by atoms with Crippen molar-refractivity contribution in [2.45, 2.75) is 38.7 Å². The first-order valence-corrected chi connectivity index (χ1v) is 5.37. The second-order valence-electron chi connectivity index (χ2n) is 4.53. The highest BCUT2D eigenvalue weighted by Gasteiger charge is 2.39. The second-order valence-corrected chi connectivity index (χ2v) is 4.53. The van der Waals surface area contributed by atoms with Crippen LogP contribution in [-0.2, 0) is 6.54 Å². The Kier molecular flexibility index (Phi) is 2.78. The van der Waals surface area contributed by atoms with Crippen molar-refractivity contribution in [3.8, 4) is 0 Å². The van der Waals surface area contributed by atoms with E-state index in [1.807, 2.05) is 6.92 Å². The fourth-order valence-electron chi connectivity index (χ4n) is 2.17. The van der Waals surface area contributed by atoms with Crippen LogP contribution in [0.3, 0.4) is 0 Å². The van der Waals surface area contributed by atoms with Crippen LogP contribution in [0.25, 0.3) is 0 Å². The summed E-state index contributed by atoms with van der Waals surface area (Å²) in [5.41, 5.74) is 0.505. The van der Waals surface area contributed by atoms with E-state index in [9.17, 15) is 13.6 Å². The van der Waals surface area contributed by atoms with Gasteiger partial charge in [0, 0.05) is 31.8 Å². The van der Waals surface area contributed by atoms with E-state index in [4.69, 9.17) is 0 Å². The van der Waals surface area contributed by atoms with E-state index in [2.05, 4.69) is 4.98 Å². The van der Waals surface area contributed by atoms with E-state index in [-0.39, 0.29) is 24.4 Å². The number of rotatable bonds is 2. The number of halogens is 2. The van der Waals surface area contributed by atoms with E-state index >= 15 is 0 Å². The molecule has 1 heterocycles. The number of alkyl halides is 2. The predicted molar refractivity (Wildman–Crippen MR) is 55.5 cm³/mol. The lowest BCUT2D eigenvalue weighted by atomic mass is 10.1. The van der Waals surface area contributed by atoms with Crippen LogP contribution in [0.1, 0.15) is 24.8 Å². The van der Waals surface area contributed by atoms with Gasteiger partial charge in [0.1, 0.15) is 0 Å². The fourth-order valence-corrected chi connectivity index (χ4v) is 2.17. The maximum atomic E-state index is 13.0. The van der Waals surface area contributed by atoms with Crippen LogP contribution in [0.15, 0.2) is 17.2 Å². The zero-order valence-electron chi connectivity index (χ0n) is 9.12.